The van der Waals surface area contributed by atoms with Crippen LogP contribution in [0.1, 0.15) is 277 Å². The molecular formula is C54H106O9. The zero-order valence-electron chi connectivity index (χ0n) is 41.6. The summed E-state index contributed by atoms with van der Waals surface area (Å²) in [7, 11) is 0. The molecule has 0 aromatic carbocycles. The summed E-state index contributed by atoms with van der Waals surface area (Å²) in [5.74, 6) is -0.303. The first-order valence-corrected chi connectivity index (χ1v) is 27.6. The molecule has 0 bridgehead atoms. The molecule has 0 aliphatic carbocycles. The highest BCUT2D eigenvalue weighted by molar-refractivity contribution is 5.69. The number of ether oxygens (including phenoxy) is 4. The monoisotopic (exact) mass is 899 g/mol. The number of hydrogen-bond acceptors (Lipinski definition) is 9. The van der Waals surface area contributed by atoms with Gasteiger partial charge >= 0.3 is 5.97 Å². The van der Waals surface area contributed by atoms with Crippen LogP contribution in [0.3, 0.4) is 0 Å². The molecule has 9 heteroatoms. The minimum atomic E-state index is -1.53. The molecule has 0 aromatic heterocycles. The van der Waals surface area contributed by atoms with Gasteiger partial charge < -0.3 is 39.4 Å². The molecular weight excluding hydrogens is 793 g/mol. The summed E-state index contributed by atoms with van der Waals surface area (Å²) in [6.07, 6.45) is 45.7. The predicted octanol–water partition coefficient (Wildman–Crippen LogP) is 13.8. The number of unbranched alkanes of at least 4 members (excludes halogenated alkanes) is 38. The Bertz CT molecular complexity index is 935. The van der Waals surface area contributed by atoms with E-state index < -0.39 is 43.4 Å². The third-order valence-electron chi connectivity index (χ3n) is 13.3. The van der Waals surface area contributed by atoms with E-state index in [1.165, 1.54) is 225 Å². The lowest BCUT2D eigenvalue weighted by atomic mass is 9.99. The Kier molecular flexibility index (Phi) is 44.3. The Hall–Kier alpha value is -0.810. The van der Waals surface area contributed by atoms with Gasteiger partial charge in [-0.2, -0.15) is 0 Å². The summed E-state index contributed by atoms with van der Waals surface area (Å²) in [5.41, 5.74) is 0. The van der Waals surface area contributed by atoms with Crippen LogP contribution in [0.2, 0.25) is 0 Å². The molecule has 0 amide bonds. The minimum absolute atomic E-state index is 0.104. The average Bonchev–Trinajstić information content (AvgIpc) is 3.28. The Morgan fingerprint density at radius 1 is 0.444 bits per heavy atom. The van der Waals surface area contributed by atoms with Crippen LogP contribution in [0, 0.1) is 0 Å². The average molecular weight is 899 g/mol. The summed E-state index contributed by atoms with van der Waals surface area (Å²) in [5, 5.41) is 40.3. The van der Waals surface area contributed by atoms with Crippen LogP contribution >= 0.6 is 0 Å². The van der Waals surface area contributed by atoms with Gasteiger partial charge in [0.15, 0.2) is 6.29 Å². The lowest BCUT2D eigenvalue weighted by Gasteiger charge is -2.39. The molecule has 1 fully saturated rings. The van der Waals surface area contributed by atoms with E-state index in [9.17, 15) is 25.2 Å². The zero-order valence-corrected chi connectivity index (χ0v) is 41.6. The fourth-order valence-electron chi connectivity index (χ4n) is 8.97. The fourth-order valence-corrected chi connectivity index (χ4v) is 8.97. The van der Waals surface area contributed by atoms with E-state index in [-0.39, 0.29) is 19.2 Å². The lowest BCUT2D eigenvalue weighted by Crippen LogP contribution is -2.59. The normalized spacial score (nSPS) is 19.5. The molecule has 1 rings (SSSR count). The summed E-state index contributed by atoms with van der Waals surface area (Å²) >= 11 is 0. The van der Waals surface area contributed by atoms with Crippen molar-refractivity contribution < 1.29 is 44.2 Å². The molecule has 376 valence electrons. The van der Waals surface area contributed by atoms with Crippen molar-refractivity contribution >= 4 is 5.97 Å². The van der Waals surface area contributed by atoms with Crippen molar-refractivity contribution in [2.75, 3.05) is 26.4 Å². The summed E-state index contributed by atoms with van der Waals surface area (Å²) in [6, 6.07) is 0. The van der Waals surface area contributed by atoms with Crippen molar-refractivity contribution in [2.24, 2.45) is 0 Å². The number of hydrogen-bond donors (Lipinski definition) is 4. The number of aliphatic hydroxyl groups is 4. The van der Waals surface area contributed by atoms with Gasteiger partial charge in [-0.15, -0.1) is 0 Å². The molecule has 0 radical (unpaired) electrons. The van der Waals surface area contributed by atoms with Gasteiger partial charge in [0.25, 0.3) is 0 Å². The Balaban J connectivity index is 2.15. The highest BCUT2D eigenvalue weighted by Crippen LogP contribution is 2.23. The van der Waals surface area contributed by atoms with Crippen LogP contribution < -0.4 is 0 Å². The molecule has 1 aliphatic heterocycles. The van der Waals surface area contributed by atoms with Crippen molar-refractivity contribution in [2.45, 2.75) is 314 Å². The Morgan fingerprint density at radius 3 is 1.13 bits per heavy atom. The first-order valence-electron chi connectivity index (χ1n) is 27.6. The van der Waals surface area contributed by atoms with Gasteiger partial charge in [0.2, 0.25) is 0 Å². The van der Waals surface area contributed by atoms with Gasteiger partial charge in [-0.05, 0) is 12.8 Å². The number of carbonyl (C=O) groups excluding carboxylic acids is 1. The Morgan fingerprint density at radius 2 is 0.778 bits per heavy atom. The van der Waals surface area contributed by atoms with E-state index >= 15 is 0 Å². The maximum atomic E-state index is 12.9. The van der Waals surface area contributed by atoms with Crippen LogP contribution in [0.15, 0.2) is 0 Å². The molecule has 1 saturated heterocycles. The third-order valence-corrected chi connectivity index (χ3v) is 13.3. The van der Waals surface area contributed by atoms with Crippen LogP contribution in [0.5, 0.6) is 0 Å². The van der Waals surface area contributed by atoms with E-state index in [0.29, 0.717) is 13.0 Å². The van der Waals surface area contributed by atoms with E-state index in [1.54, 1.807) is 0 Å². The smallest absolute Gasteiger partial charge is 0.306 e. The molecule has 63 heavy (non-hydrogen) atoms. The number of carbonyl (C=O) groups is 1. The van der Waals surface area contributed by atoms with E-state index in [2.05, 4.69) is 13.8 Å². The minimum Gasteiger partial charge on any atom is -0.457 e. The van der Waals surface area contributed by atoms with E-state index in [4.69, 9.17) is 18.9 Å². The molecule has 9 nitrogen and oxygen atoms in total. The largest absolute Gasteiger partial charge is 0.457 e. The molecule has 4 N–H and O–H groups in total. The molecule has 1 heterocycles. The topological polar surface area (TPSA) is 135 Å². The van der Waals surface area contributed by atoms with Gasteiger partial charge in [0, 0.05) is 13.0 Å². The lowest BCUT2D eigenvalue weighted by molar-refractivity contribution is -0.305. The van der Waals surface area contributed by atoms with Gasteiger partial charge in [-0.3, -0.25) is 4.79 Å². The van der Waals surface area contributed by atoms with Gasteiger partial charge in [-0.1, -0.05) is 258 Å². The van der Waals surface area contributed by atoms with Crippen molar-refractivity contribution in [3.05, 3.63) is 0 Å². The highest BCUT2D eigenvalue weighted by atomic mass is 16.7. The quantitative estimate of drug-likeness (QED) is 0.0348. The fraction of sp³-hybridized carbons (Fsp3) is 0.981. The second kappa shape index (κ2) is 46.3. The van der Waals surface area contributed by atoms with Gasteiger partial charge in [0.05, 0.1) is 19.8 Å². The summed E-state index contributed by atoms with van der Waals surface area (Å²) in [4.78, 5) is 12.9. The maximum Gasteiger partial charge on any atom is 0.306 e. The first-order chi connectivity index (χ1) is 30.9. The standard InChI is InChI=1S/C54H106O9/c1-3-5-7-9-11-13-15-17-19-21-23-24-25-27-29-31-33-35-37-39-41-43-50(56)62-48(47-61-54-53(59)52(58)51(57)49(45-55)63-54)46-60-44-42-40-38-36-34-32-30-28-26-22-20-18-16-14-12-10-8-6-4-2/h48-49,51-55,57-59H,3-47H2,1-2H3. The molecule has 6 unspecified atom stereocenters. The van der Waals surface area contributed by atoms with Crippen molar-refractivity contribution in [3.8, 4) is 0 Å². The SMILES string of the molecule is CCCCCCCCCCCCCCCCCCCCCCCC(=O)OC(COCCCCCCCCCCCCCCCCCCCCC)COC1OC(CO)C(O)C(O)C1O. The van der Waals surface area contributed by atoms with Crippen molar-refractivity contribution in [1.29, 1.82) is 0 Å². The number of esters is 1. The Labute approximate surface area is 389 Å². The predicted molar refractivity (Wildman–Crippen MR) is 261 cm³/mol. The van der Waals surface area contributed by atoms with Crippen LogP contribution in [0.25, 0.3) is 0 Å². The second-order valence-electron chi connectivity index (χ2n) is 19.4. The van der Waals surface area contributed by atoms with E-state index in [0.717, 1.165) is 32.1 Å². The summed E-state index contributed by atoms with van der Waals surface area (Å²) in [6.45, 7) is 4.64. The summed E-state index contributed by atoms with van der Waals surface area (Å²) < 4.78 is 23.0. The maximum absolute atomic E-state index is 12.9. The zero-order chi connectivity index (χ0) is 45.7. The van der Waals surface area contributed by atoms with Crippen molar-refractivity contribution in [3.63, 3.8) is 0 Å². The molecule has 0 saturated carbocycles. The molecule has 0 aromatic rings. The molecule has 1 aliphatic rings. The second-order valence-corrected chi connectivity index (χ2v) is 19.4. The molecule has 6 atom stereocenters. The van der Waals surface area contributed by atoms with Crippen LogP contribution in [0.4, 0.5) is 0 Å². The number of aliphatic hydroxyl groups excluding tert-OH is 4. The van der Waals surface area contributed by atoms with Gasteiger partial charge in [-0.25, -0.2) is 0 Å². The van der Waals surface area contributed by atoms with Gasteiger partial charge in [0.1, 0.15) is 30.5 Å². The first kappa shape index (κ1) is 60.2. The number of rotatable bonds is 49. The third kappa shape index (κ3) is 36.9. The van der Waals surface area contributed by atoms with Crippen LogP contribution in [-0.2, 0) is 23.7 Å². The highest BCUT2D eigenvalue weighted by Gasteiger charge is 2.44. The molecule has 0 spiro atoms. The van der Waals surface area contributed by atoms with Crippen LogP contribution in [-0.4, -0.2) is 89.6 Å². The van der Waals surface area contributed by atoms with E-state index in [1.807, 2.05) is 0 Å². The van der Waals surface area contributed by atoms with Crippen molar-refractivity contribution in [1.82, 2.24) is 0 Å².